The van der Waals surface area contributed by atoms with Crippen LogP contribution in [0.1, 0.15) is 46.1 Å². The van der Waals surface area contributed by atoms with E-state index in [9.17, 15) is 0 Å². The van der Waals surface area contributed by atoms with Crippen molar-refractivity contribution < 1.29 is 14.0 Å². The molecule has 34 heavy (non-hydrogen) atoms. The molecule has 0 unspecified atom stereocenters. The SMILES string of the molecule is [B]OC[C@H](C(C)C)N1CCCCN([C@H](COCc2ccccc2)C(C)C)[P@]1(=O)c1ccccc1. The molecule has 1 aliphatic rings. The van der Waals surface area contributed by atoms with Gasteiger partial charge in [-0.25, -0.2) is 9.34 Å². The van der Waals surface area contributed by atoms with Crippen molar-refractivity contribution >= 4 is 20.8 Å². The number of hydrogen-bond acceptors (Lipinski definition) is 3. The summed E-state index contributed by atoms with van der Waals surface area (Å²) in [6, 6.07) is 20.2. The highest BCUT2D eigenvalue weighted by Gasteiger charge is 2.47. The van der Waals surface area contributed by atoms with Gasteiger partial charge in [-0.3, -0.25) is 4.57 Å². The molecule has 2 aromatic carbocycles. The van der Waals surface area contributed by atoms with E-state index in [1.807, 2.05) is 48.5 Å². The van der Waals surface area contributed by atoms with E-state index < -0.39 is 7.44 Å². The van der Waals surface area contributed by atoms with Crippen molar-refractivity contribution in [2.24, 2.45) is 11.8 Å². The monoisotopic (exact) mass is 482 g/mol. The van der Waals surface area contributed by atoms with Gasteiger partial charge in [-0.05, 0) is 42.4 Å². The zero-order valence-electron chi connectivity index (χ0n) is 21.2. The fraction of sp³-hybridized carbons (Fsp3) is 0.556. The smallest absolute Gasteiger partial charge is 0.282 e. The first-order valence-corrected chi connectivity index (χ1v) is 14.1. The first kappa shape index (κ1) is 27.2. The third-order valence-corrected chi connectivity index (χ3v) is 10.1. The molecule has 0 aromatic heterocycles. The Hall–Kier alpha value is -1.43. The van der Waals surface area contributed by atoms with Crippen LogP contribution in [-0.2, 0) is 20.6 Å². The van der Waals surface area contributed by atoms with Crippen LogP contribution in [0.2, 0.25) is 0 Å². The summed E-state index contributed by atoms with van der Waals surface area (Å²) in [4.78, 5) is 0. The molecule has 3 atom stereocenters. The summed E-state index contributed by atoms with van der Waals surface area (Å²) in [5, 5.41) is 0.869. The van der Waals surface area contributed by atoms with Gasteiger partial charge in [0.15, 0.2) is 0 Å². The summed E-state index contributed by atoms with van der Waals surface area (Å²) in [6.45, 7) is 11.6. The van der Waals surface area contributed by atoms with Crippen LogP contribution in [0.15, 0.2) is 60.7 Å². The van der Waals surface area contributed by atoms with Gasteiger partial charge < -0.3 is 9.39 Å². The van der Waals surface area contributed by atoms with Crippen LogP contribution in [0.5, 0.6) is 0 Å². The molecule has 184 valence electrons. The molecule has 7 heteroatoms. The van der Waals surface area contributed by atoms with E-state index in [1.54, 1.807) is 0 Å². The van der Waals surface area contributed by atoms with Gasteiger partial charge in [0.25, 0.3) is 8.05 Å². The van der Waals surface area contributed by atoms with Gasteiger partial charge in [0, 0.05) is 37.1 Å². The first-order chi connectivity index (χ1) is 16.4. The Balaban J connectivity index is 1.99. The van der Waals surface area contributed by atoms with Crippen LogP contribution < -0.4 is 5.30 Å². The minimum atomic E-state index is -3.14. The normalized spacial score (nSPS) is 22.1. The highest BCUT2D eigenvalue weighted by Crippen LogP contribution is 2.57. The average molecular weight is 482 g/mol. The molecule has 1 heterocycles. The van der Waals surface area contributed by atoms with Gasteiger partial charge in [-0.1, -0.05) is 76.2 Å². The Kier molecular flexibility index (Phi) is 10.4. The van der Waals surface area contributed by atoms with E-state index in [0.29, 0.717) is 19.8 Å². The lowest BCUT2D eigenvalue weighted by Gasteiger charge is -2.46. The number of nitrogens with zero attached hydrogens (tertiary/aromatic N) is 2. The van der Waals surface area contributed by atoms with Gasteiger partial charge in [0.05, 0.1) is 13.2 Å². The maximum absolute atomic E-state index is 15.4. The van der Waals surface area contributed by atoms with Crippen molar-refractivity contribution in [3.8, 4) is 0 Å². The third kappa shape index (κ3) is 6.41. The summed E-state index contributed by atoms with van der Waals surface area (Å²) >= 11 is 0. The van der Waals surface area contributed by atoms with Crippen molar-refractivity contribution in [3.05, 3.63) is 66.2 Å². The molecular weight excluding hydrogens is 442 g/mol. The topological polar surface area (TPSA) is 42.0 Å². The van der Waals surface area contributed by atoms with Crippen LogP contribution in [0, 0.1) is 11.8 Å². The van der Waals surface area contributed by atoms with E-state index in [4.69, 9.17) is 17.4 Å². The Morgan fingerprint density at radius 1 is 0.824 bits per heavy atom. The highest BCUT2D eigenvalue weighted by molar-refractivity contribution is 7.67. The van der Waals surface area contributed by atoms with E-state index in [-0.39, 0.29) is 23.9 Å². The standard InChI is InChI=1S/C27H40BN2O3P/c1-22(2)26(20-32-19-24-13-7-5-8-14-24)29-17-11-12-18-30(27(21-33-28)23(3)4)34(29,31)25-15-9-6-10-16-25/h5-10,13-16,22-23,26-27H,11-12,17-21H2,1-4H3/t26-,27-,34-/m1/s1. The Morgan fingerprint density at radius 2 is 1.32 bits per heavy atom. The summed E-state index contributed by atoms with van der Waals surface area (Å²) in [7, 11) is 2.41. The molecule has 3 rings (SSSR count). The van der Waals surface area contributed by atoms with Gasteiger partial charge in [-0.15, -0.1) is 0 Å². The van der Waals surface area contributed by atoms with Gasteiger partial charge >= 0.3 is 0 Å². The lowest BCUT2D eigenvalue weighted by atomic mass is 10.0. The van der Waals surface area contributed by atoms with Crippen molar-refractivity contribution in [1.29, 1.82) is 0 Å². The zero-order chi connectivity index (χ0) is 24.6. The minimum Gasteiger partial charge on any atom is -0.446 e. The predicted molar refractivity (Wildman–Crippen MR) is 141 cm³/mol. The predicted octanol–water partition coefficient (Wildman–Crippen LogP) is 5.27. The van der Waals surface area contributed by atoms with Gasteiger partial charge in [0.2, 0.25) is 7.44 Å². The maximum atomic E-state index is 15.4. The molecule has 1 aliphatic heterocycles. The van der Waals surface area contributed by atoms with E-state index in [2.05, 4.69) is 49.2 Å². The first-order valence-electron chi connectivity index (χ1n) is 12.5. The zero-order valence-corrected chi connectivity index (χ0v) is 22.1. The molecule has 2 radical (unpaired) electrons. The van der Waals surface area contributed by atoms with Crippen molar-refractivity contribution in [2.45, 2.75) is 59.2 Å². The number of hydrogen-bond donors (Lipinski definition) is 0. The molecule has 1 fully saturated rings. The molecular formula is C27H40BN2O3P. The molecule has 0 amide bonds. The van der Waals surface area contributed by atoms with Crippen LogP contribution in [0.4, 0.5) is 0 Å². The Labute approximate surface area is 207 Å². The lowest BCUT2D eigenvalue weighted by molar-refractivity contribution is 0.0579. The van der Waals surface area contributed by atoms with E-state index >= 15 is 4.57 Å². The maximum Gasteiger partial charge on any atom is 0.282 e. The quantitative estimate of drug-likeness (QED) is 0.323. The second-order valence-electron chi connectivity index (χ2n) is 9.87. The summed E-state index contributed by atoms with van der Waals surface area (Å²) in [6.07, 6.45) is 1.97. The second kappa shape index (κ2) is 13.0. The van der Waals surface area contributed by atoms with Crippen molar-refractivity contribution in [2.75, 3.05) is 26.3 Å². The van der Waals surface area contributed by atoms with Gasteiger partial charge in [-0.2, -0.15) is 0 Å². The molecule has 1 saturated heterocycles. The largest absolute Gasteiger partial charge is 0.446 e. The Morgan fingerprint density at radius 3 is 1.82 bits per heavy atom. The summed E-state index contributed by atoms with van der Waals surface area (Å²) in [5.74, 6) is 0.517. The number of benzene rings is 2. The van der Waals surface area contributed by atoms with Crippen LogP contribution in [0.3, 0.4) is 0 Å². The minimum absolute atomic E-state index is 0.0157. The number of rotatable bonds is 11. The third-order valence-electron chi connectivity index (χ3n) is 6.79. The average Bonchev–Trinajstić information content (AvgIpc) is 3.00. The van der Waals surface area contributed by atoms with Crippen LogP contribution >= 0.6 is 7.44 Å². The van der Waals surface area contributed by atoms with Crippen molar-refractivity contribution in [1.82, 2.24) is 9.34 Å². The fourth-order valence-electron chi connectivity index (χ4n) is 4.83. The molecule has 5 nitrogen and oxygen atoms in total. The molecule has 0 bridgehead atoms. The summed E-state index contributed by atoms with van der Waals surface area (Å²) in [5.41, 5.74) is 1.15. The van der Waals surface area contributed by atoms with Crippen molar-refractivity contribution in [3.63, 3.8) is 0 Å². The number of ether oxygens (including phenoxy) is 1. The van der Waals surface area contributed by atoms with Crippen LogP contribution in [0.25, 0.3) is 0 Å². The van der Waals surface area contributed by atoms with E-state index in [0.717, 1.165) is 36.8 Å². The molecule has 0 aliphatic carbocycles. The molecule has 0 N–H and O–H groups in total. The summed E-state index contributed by atoms with van der Waals surface area (Å²) < 4.78 is 31.3. The van der Waals surface area contributed by atoms with E-state index in [1.165, 1.54) is 0 Å². The van der Waals surface area contributed by atoms with Crippen LogP contribution in [-0.4, -0.2) is 55.8 Å². The lowest BCUT2D eigenvalue weighted by Crippen LogP contribution is -2.50. The highest BCUT2D eigenvalue weighted by atomic mass is 31.2. The molecule has 2 aromatic rings. The van der Waals surface area contributed by atoms with Gasteiger partial charge in [0.1, 0.15) is 0 Å². The fourth-order valence-corrected chi connectivity index (χ4v) is 8.58. The molecule has 0 saturated carbocycles. The second-order valence-corrected chi connectivity index (χ2v) is 12.5. The molecule has 0 spiro atoms. The Bertz CT molecular complexity index is 897.